The van der Waals surface area contributed by atoms with E-state index in [1.807, 2.05) is 80.6 Å². The number of nitrogens with zero attached hydrogens (tertiary/aromatic N) is 9. The third-order valence-corrected chi connectivity index (χ3v) is 11.4. The lowest BCUT2D eigenvalue weighted by Crippen LogP contribution is -2.07. The number of rotatable bonds is 5. The number of benzene rings is 7. The van der Waals surface area contributed by atoms with Gasteiger partial charge in [0.1, 0.15) is 0 Å². The SMILES string of the molecule is Cc1cc(C)nc(-c2c(-n3c4ccccc4c4ccc(-c5ccc(C#N)cc5C#N)cc43)cc(C#N)cc2-n2c3ccccc3c3ccc(-c4ccc(C#N)cc4C#N)cc32)n1. The first-order valence-corrected chi connectivity index (χ1v) is 19.7. The van der Waals surface area contributed by atoms with Crippen LogP contribution in [0.15, 0.2) is 140 Å². The summed E-state index contributed by atoms with van der Waals surface area (Å²) < 4.78 is 4.31. The molecule has 0 aliphatic carbocycles. The Morgan fingerprint density at radius 1 is 0.403 bits per heavy atom. The Balaban J connectivity index is 1.36. The molecule has 7 aromatic carbocycles. The van der Waals surface area contributed by atoms with E-state index in [1.165, 1.54) is 0 Å². The lowest BCUT2D eigenvalue weighted by atomic mass is 9.97. The largest absolute Gasteiger partial charge is 0.308 e. The zero-order valence-electron chi connectivity index (χ0n) is 33.3. The highest BCUT2D eigenvalue weighted by Crippen LogP contribution is 2.43. The van der Waals surface area contributed by atoms with Gasteiger partial charge in [-0.2, -0.15) is 26.3 Å². The summed E-state index contributed by atoms with van der Waals surface area (Å²) in [6.45, 7) is 3.88. The van der Waals surface area contributed by atoms with E-state index in [0.29, 0.717) is 61.7 Å². The fourth-order valence-corrected chi connectivity index (χ4v) is 8.81. The van der Waals surface area contributed by atoms with Gasteiger partial charge in [-0.15, -0.1) is 0 Å². The number of nitriles is 5. The molecule has 3 aromatic heterocycles. The van der Waals surface area contributed by atoms with Gasteiger partial charge in [0.25, 0.3) is 0 Å². The monoisotopic (exact) mass is 791 g/mol. The molecule has 0 aliphatic rings. The Labute approximate surface area is 355 Å². The molecular weight excluding hydrogens is 763 g/mol. The van der Waals surface area contributed by atoms with Crippen molar-refractivity contribution in [3.05, 3.63) is 179 Å². The quantitative estimate of drug-likeness (QED) is 0.168. The molecular formula is C53H29N9. The number of hydrogen-bond acceptors (Lipinski definition) is 7. The van der Waals surface area contributed by atoms with Crippen LogP contribution in [0, 0.1) is 70.5 Å². The number of para-hydroxylation sites is 2. The fraction of sp³-hybridized carbons (Fsp3) is 0.0377. The van der Waals surface area contributed by atoms with Crippen LogP contribution in [0.5, 0.6) is 0 Å². The molecule has 9 nitrogen and oxygen atoms in total. The number of hydrogen-bond donors (Lipinski definition) is 0. The summed E-state index contributed by atoms with van der Waals surface area (Å²) in [5.74, 6) is 0.471. The maximum absolute atomic E-state index is 10.9. The maximum atomic E-state index is 10.9. The molecule has 62 heavy (non-hydrogen) atoms. The van der Waals surface area contributed by atoms with Crippen LogP contribution in [0.1, 0.15) is 39.2 Å². The van der Waals surface area contributed by atoms with Crippen LogP contribution in [-0.4, -0.2) is 19.1 Å². The Morgan fingerprint density at radius 2 is 0.839 bits per heavy atom. The Bertz CT molecular complexity index is 3560. The minimum Gasteiger partial charge on any atom is -0.308 e. The average molecular weight is 792 g/mol. The molecule has 0 unspecified atom stereocenters. The molecule has 0 fully saturated rings. The average Bonchev–Trinajstić information content (AvgIpc) is 3.82. The zero-order valence-corrected chi connectivity index (χ0v) is 33.3. The van der Waals surface area contributed by atoms with Crippen LogP contribution in [0.4, 0.5) is 0 Å². The topological polar surface area (TPSA) is 155 Å². The van der Waals surface area contributed by atoms with E-state index in [2.05, 4.69) is 88.0 Å². The van der Waals surface area contributed by atoms with E-state index >= 15 is 0 Å². The number of fused-ring (bicyclic) bond motifs is 6. The molecule has 0 bridgehead atoms. The van der Waals surface area contributed by atoms with Crippen LogP contribution in [0.25, 0.3) is 88.6 Å². The van der Waals surface area contributed by atoms with Gasteiger partial charge in [0, 0.05) is 32.9 Å². The summed E-state index contributed by atoms with van der Waals surface area (Å²) in [4.78, 5) is 10.2. The predicted octanol–water partition coefficient (Wildman–Crippen LogP) is 11.6. The van der Waals surface area contributed by atoms with Crippen molar-refractivity contribution in [3.8, 4) is 75.4 Å². The van der Waals surface area contributed by atoms with Gasteiger partial charge >= 0.3 is 0 Å². The van der Waals surface area contributed by atoms with Crippen molar-refractivity contribution in [2.24, 2.45) is 0 Å². The van der Waals surface area contributed by atoms with E-state index in [1.54, 1.807) is 24.3 Å². The van der Waals surface area contributed by atoms with E-state index in [9.17, 15) is 26.3 Å². The first-order chi connectivity index (χ1) is 30.3. The molecule has 10 rings (SSSR count). The van der Waals surface area contributed by atoms with Gasteiger partial charge in [-0.25, -0.2) is 9.97 Å². The molecule has 286 valence electrons. The summed E-state index contributed by atoms with van der Waals surface area (Å²) >= 11 is 0. The van der Waals surface area contributed by atoms with Crippen LogP contribution >= 0.6 is 0 Å². The molecule has 0 saturated carbocycles. The molecule has 0 amide bonds. The van der Waals surface area contributed by atoms with Gasteiger partial charge in [-0.3, -0.25) is 0 Å². The molecule has 10 aromatic rings. The molecule has 0 spiro atoms. The maximum Gasteiger partial charge on any atom is 0.163 e. The van der Waals surface area contributed by atoms with E-state index in [4.69, 9.17) is 9.97 Å². The third-order valence-electron chi connectivity index (χ3n) is 11.4. The van der Waals surface area contributed by atoms with Crippen molar-refractivity contribution in [1.29, 1.82) is 26.3 Å². The van der Waals surface area contributed by atoms with Gasteiger partial charge in [-0.1, -0.05) is 72.8 Å². The Kier molecular flexibility index (Phi) is 8.64. The van der Waals surface area contributed by atoms with Gasteiger partial charge < -0.3 is 9.13 Å². The standard InChI is InChI=1S/C53H29N9/c1-31-19-32(2)60-53(59-31)52-50(61-46-9-5-3-7-42(46)44-17-13-36(24-48(44)61)40-15-11-33(26-54)20-38(40)29-57)22-35(28-56)23-51(52)62-47-10-6-4-8-43(47)45-18-14-37(25-49(45)62)41-16-12-34(27-55)21-39(41)30-58/h3-25H,1-2H3. The van der Waals surface area contributed by atoms with Crippen molar-refractivity contribution < 1.29 is 0 Å². The summed E-state index contributed by atoms with van der Waals surface area (Å²) in [7, 11) is 0. The minimum absolute atomic E-state index is 0.387. The normalized spacial score (nSPS) is 11.0. The van der Waals surface area contributed by atoms with Crippen LogP contribution in [0.2, 0.25) is 0 Å². The van der Waals surface area contributed by atoms with Crippen molar-refractivity contribution in [2.45, 2.75) is 13.8 Å². The lowest BCUT2D eigenvalue weighted by Gasteiger charge is -2.20. The minimum atomic E-state index is 0.387. The second kappa shape index (κ2) is 14.5. The van der Waals surface area contributed by atoms with Crippen LogP contribution in [0.3, 0.4) is 0 Å². The van der Waals surface area contributed by atoms with Crippen molar-refractivity contribution in [3.63, 3.8) is 0 Å². The summed E-state index contributed by atoms with van der Waals surface area (Å²) in [6, 6.07) is 55.7. The van der Waals surface area contributed by atoms with Gasteiger partial charge in [0.2, 0.25) is 0 Å². The number of aromatic nitrogens is 4. The molecule has 0 N–H and O–H groups in total. The molecule has 0 saturated heterocycles. The zero-order chi connectivity index (χ0) is 42.6. The second-order valence-electron chi connectivity index (χ2n) is 15.1. The molecule has 9 heteroatoms. The first kappa shape index (κ1) is 37.0. The van der Waals surface area contributed by atoms with Crippen LogP contribution < -0.4 is 0 Å². The van der Waals surface area contributed by atoms with Crippen LogP contribution in [-0.2, 0) is 0 Å². The highest BCUT2D eigenvalue weighted by Gasteiger charge is 2.26. The first-order valence-electron chi connectivity index (χ1n) is 19.7. The van der Waals surface area contributed by atoms with Gasteiger partial charge in [0.15, 0.2) is 5.82 Å². The summed E-state index contributed by atoms with van der Waals surface area (Å²) in [5, 5.41) is 54.3. The molecule has 3 heterocycles. The molecule has 0 aliphatic heterocycles. The summed E-state index contributed by atoms with van der Waals surface area (Å²) in [6.07, 6.45) is 0. The lowest BCUT2D eigenvalue weighted by molar-refractivity contribution is 1.04. The Hall–Kier alpha value is -9.33. The smallest absolute Gasteiger partial charge is 0.163 e. The van der Waals surface area contributed by atoms with Crippen molar-refractivity contribution >= 4 is 43.6 Å². The van der Waals surface area contributed by atoms with Crippen molar-refractivity contribution in [1.82, 2.24) is 19.1 Å². The second-order valence-corrected chi connectivity index (χ2v) is 15.1. The van der Waals surface area contributed by atoms with E-state index in [-0.39, 0.29) is 0 Å². The Morgan fingerprint density at radius 3 is 1.27 bits per heavy atom. The third kappa shape index (κ3) is 5.81. The highest BCUT2D eigenvalue weighted by molar-refractivity contribution is 6.13. The van der Waals surface area contributed by atoms with Gasteiger partial charge in [-0.05, 0) is 103 Å². The van der Waals surface area contributed by atoms with E-state index in [0.717, 1.165) is 66.1 Å². The van der Waals surface area contributed by atoms with E-state index < -0.39 is 0 Å². The number of aryl methyl sites for hydroxylation is 2. The molecule has 0 atom stereocenters. The summed E-state index contributed by atoms with van der Waals surface area (Å²) in [5.41, 5.74) is 12.0. The van der Waals surface area contributed by atoms with Crippen molar-refractivity contribution in [2.75, 3.05) is 0 Å². The molecule has 0 radical (unpaired) electrons. The highest BCUT2D eigenvalue weighted by atomic mass is 15.0. The van der Waals surface area contributed by atoms with Gasteiger partial charge in [0.05, 0.1) is 97.2 Å². The predicted molar refractivity (Wildman–Crippen MR) is 240 cm³/mol. The fourth-order valence-electron chi connectivity index (χ4n) is 8.81.